The molecule has 5 nitrogen and oxygen atoms in total. The summed E-state index contributed by atoms with van der Waals surface area (Å²) in [6, 6.07) is 4.52. The average molecular weight is 289 g/mol. The second-order valence-electron chi connectivity index (χ2n) is 6.09. The fourth-order valence-electron chi connectivity index (χ4n) is 2.58. The summed E-state index contributed by atoms with van der Waals surface area (Å²) in [6.45, 7) is 7.30. The Morgan fingerprint density at radius 3 is 2.38 bits per heavy atom. The van der Waals surface area contributed by atoms with Gasteiger partial charge in [0.2, 0.25) is 11.8 Å². The van der Waals surface area contributed by atoms with Crippen LogP contribution < -0.4 is 4.90 Å². The number of hydrogen-bond donors (Lipinski definition) is 1. The number of benzene rings is 1. The molecule has 1 aromatic carbocycles. The lowest BCUT2D eigenvalue weighted by molar-refractivity contribution is -0.126. The smallest absolute Gasteiger partial charge is 0.335 e. The minimum atomic E-state index is -1.02. The van der Waals surface area contributed by atoms with Crippen LogP contribution in [0.1, 0.15) is 43.1 Å². The molecule has 1 atom stereocenters. The normalized spacial score (nSPS) is 22.2. The van der Waals surface area contributed by atoms with Gasteiger partial charge in [0.05, 0.1) is 16.7 Å². The predicted octanol–water partition coefficient (Wildman–Crippen LogP) is 2.62. The van der Waals surface area contributed by atoms with Gasteiger partial charge in [0, 0.05) is 6.42 Å². The maximum Gasteiger partial charge on any atom is 0.335 e. The van der Waals surface area contributed by atoms with E-state index in [9.17, 15) is 14.4 Å². The van der Waals surface area contributed by atoms with Gasteiger partial charge in [-0.3, -0.25) is 14.5 Å². The first-order chi connectivity index (χ1) is 9.68. The molecule has 0 radical (unpaired) electrons. The van der Waals surface area contributed by atoms with E-state index in [2.05, 4.69) is 0 Å². The van der Waals surface area contributed by atoms with Crippen LogP contribution in [0, 0.1) is 18.3 Å². The molecule has 112 valence electrons. The van der Waals surface area contributed by atoms with Crippen LogP contribution >= 0.6 is 0 Å². The van der Waals surface area contributed by atoms with Crippen molar-refractivity contribution in [2.45, 2.75) is 34.1 Å². The summed E-state index contributed by atoms with van der Waals surface area (Å²) < 4.78 is 0. The molecule has 0 saturated carbocycles. The maximum absolute atomic E-state index is 12.6. The Morgan fingerprint density at radius 1 is 1.33 bits per heavy atom. The van der Waals surface area contributed by atoms with Gasteiger partial charge in [-0.1, -0.05) is 13.8 Å². The molecule has 0 bridgehead atoms. The fraction of sp³-hybridized carbons (Fsp3) is 0.438. The molecule has 1 unspecified atom stereocenters. The third-order valence-corrected chi connectivity index (χ3v) is 4.43. The number of aromatic carboxylic acids is 1. The van der Waals surface area contributed by atoms with Crippen LogP contribution in [0.5, 0.6) is 0 Å². The number of rotatable bonds is 3. The second kappa shape index (κ2) is 4.98. The van der Waals surface area contributed by atoms with Crippen LogP contribution in [0.25, 0.3) is 0 Å². The number of aryl methyl sites for hydroxylation is 1. The van der Waals surface area contributed by atoms with Gasteiger partial charge >= 0.3 is 5.97 Å². The van der Waals surface area contributed by atoms with Gasteiger partial charge in [0.1, 0.15) is 0 Å². The standard InChI is InChI=1S/C16H19NO4/c1-9(2)16(4)8-13(18)17(15(16)21)11-5-6-12(14(19)20)10(3)7-11/h5-7,9H,8H2,1-4H3,(H,19,20). The Balaban J connectivity index is 2.44. The number of amides is 2. The molecule has 1 aliphatic heterocycles. The summed E-state index contributed by atoms with van der Waals surface area (Å²) in [5, 5.41) is 9.03. The zero-order chi connectivity index (χ0) is 15.9. The number of anilines is 1. The first kappa shape index (κ1) is 15.2. The molecule has 21 heavy (non-hydrogen) atoms. The monoisotopic (exact) mass is 289 g/mol. The molecule has 1 aliphatic rings. The van der Waals surface area contributed by atoms with E-state index in [-0.39, 0.29) is 29.7 Å². The average Bonchev–Trinajstić information content (AvgIpc) is 2.60. The van der Waals surface area contributed by atoms with E-state index in [0.717, 1.165) is 0 Å². The molecule has 1 aromatic rings. The lowest BCUT2D eigenvalue weighted by atomic mass is 9.78. The fourth-order valence-corrected chi connectivity index (χ4v) is 2.58. The van der Waals surface area contributed by atoms with Crippen molar-refractivity contribution in [3.05, 3.63) is 29.3 Å². The highest BCUT2D eigenvalue weighted by Crippen LogP contribution is 2.41. The number of hydrogen-bond acceptors (Lipinski definition) is 3. The summed E-state index contributed by atoms with van der Waals surface area (Å²) in [7, 11) is 0. The van der Waals surface area contributed by atoms with Crippen molar-refractivity contribution >= 4 is 23.5 Å². The molecule has 0 aromatic heterocycles. The Hall–Kier alpha value is -2.17. The highest BCUT2D eigenvalue weighted by Gasteiger charge is 2.50. The number of carboxylic acids is 1. The summed E-state index contributed by atoms with van der Waals surface area (Å²) in [5.41, 5.74) is 0.441. The summed E-state index contributed by atoms with van der Waals surface area (Å²) in [4.78, 5) is 37.0. The van der Waals surface area contributed by atoms with Gasteiger partial charge in [-0.25, -0.2) is 4.79 Å². The van der Waals surface area contributed by atoms with Gasteiger partial charge < -0.3 is 5.11 Å². The minimum Gasteiger partial charge on any atom is -0.478 e. The summed E-state index contributed by atoms with van der Waals surface area (Å²) in [6.07, 6.45) is 0.184. The minimum absolute atomic E-state index is 0.0540. The van der Waals surface area contributed by atoms with Gasteiger partial charge in [0.25, 0.3) is 0 Å². The Morgan fingerprint density at radius 2 is 1.95 bits per heavy atom. The van der Waals surface area contributed by atoms with Crippen molar-refractivity contribution in [1.82, 2.24) is 0 Å². The third-order valence-electron chi connectivity index (χ3n) is 4.43. The molecule has 1 heterocycles. The van der Waals surface area contributed by atoms with Gasteiger partial charge in [-0.05, 0) is 43.5 Å². The number of carboxylic acid groups (broad SMARTS) is 1. The van der Waals surface area contributed by atoms with E-state index >= 15 is 0 Å². The van der Waals surface area contributed by atoms with E-state index < -0.39 is 11.4 Å². The van der Waals surface area contributed by atoms with Crippen molar-refractivity contribution in [3.63, 3.8) is 0 Å². The molecule has 0 spiro atoms. The van der Waals surface area contributed by atoms with E-state index in [1.807, 2.05) is 13.8 Å². The van der Waals surface area contributed by atoms with E-state index in [1.54, 1.807) is 19.9 Å². The Labute approximate surface area is 123 Å². The number of carbonyl (C=O) groups is 3. The van der Waals surface area contributed by atoms with Crippen LogP contribution in [-0.4, -0.2) is 22.9 Å². The Kier molecular flexibility index (Phi) is 3.61. The highest BCUT2D eigenvalue weighted by atomic mass is 16.4. The first-order valence-electron chi connectivity index (χ1n) is 6.90. The first-order valence-corrected chi connectivity index (χ1v) is 6.90. The molecule has 5 heteroatoms. The molecule has 2 amide bonds. The van der Waals surface area contributed by atoms with Gasteiger partial charge in [0.15, 0.2) is 0 Å². The third kappa shape index (κ3) is 2.33. The van der Waals surface area contributed by atoms with E-state index in [0.29, 0.717) is 11.3 Å². The predicted molar refractivity (Wildman–Crippen MR) is 78.2 cm³/mol. The molecule has 2 rings (SSSR count). The van der Waals surface area contributed by atoms with Crippen LogP contribution in [0.2, 0.25) is 0 Å². The quantitative estimate of drug-likeness (QED) is 0.868. The Bertz CT molecular complexity index is 635. The topological polar surface area (TPSA) is 74.7 Å². The van der Waals surface area contributed by atoms with Crippen molar-refractivity contribution in [3.8, 4) is 0 Å². The maximum atomic E-state index is 12.6. The van der Waals surface area contributed by atoms with Gasteiger partial charge in [-0.15, -0.1) is 0 Å². The number of nitrogens with zero attached hydrogens (tertiary/aromatic N) is 1. The van der Waals surface area contributed by atoms with Crippen molar-refractivity contribution < 1.29 is 19.5 Å². The zero-order valence-electron chi connectivity index (χ0n) is 12.6. The zero-order valence-corrected chi connectivity index (χ0v) is 12.6. The molecular formula is C16H19NO4. The summed E-state index contributed by atoms with van der Waals surface area (Å²) >= 11 is 0. The van der Waals surface area contributed by atoms with Crippen molar-refractivity contribution in [1.29, 1.82) is 0 Å². The second-order valence-corrected chi connectivity index (χ2v) is 6.09. The van der Waals surface area contributed by atoms with Crippen LogP contribution in [-0.2, 0) is 9.59 Å². The lowest BCUT2D eigenvalue weighted by Crippen LogP contribution is -2.37. The lowest BCUT2D eigenvalue weighted by Gasteiger charge is -2.26. The molecule has 1 fully saturated rings. The molecule has 1 saturated heterocycles. The van der Waals surface area contributed by atoms with Crippen LogP contribution in [0.4, 0.5) is 5.69 Å². The largest absolute Gasteiger partial charge is 0.478 e. The summed E-state index contributed by atoms with van der Waals surface area (Å²) in [5.74, 6) is -1.42. The van der Waals surface area contributed by atoms with Gasteiger partial charge in [-0.2, -0.15) is 0 Å². The highest BCUT2D eigenvalue weighted by molar-refractivity contribution is 6.22. The number of imide groups is 1. The van der Waals surface area contributed by atoms with Crippen molar-refractivity contribution in [2.75, 3.05) is 4.90 Å². The SMILES string of the molecule is Cc1cc(N2C(=O)CC(C)(C(C)C)C2=O)ccc1C(=O)O. The van der Waals surface area contributed by atoms with Crippen molar-refractivity contribution in [2.24, 2.45) is 11.3 Å². The van der Waals surface area contributed by atoms with E-state index in [1.165, 1.54) is 17.0 Å². The molecule has 1 N–H and O–H groups in total. The van der Waals surface area contributed by atoms with Crippen LogP contribution in [0.15, 0.2) is 18.2 Å². The van der Waals surface area contributed by atoms with E-state index in [4.69, 9.17) is 5.11 Å². The number of carbonyl (C=O) groups excluding carboxylic acids is 2. The molecule has 0 aliphatic carbocycles. The van der Waals surface area contributed by atoms with Crippen LogP contribution in [0.3, 0.4) is 0 Å². The molecular weight excluding hydrogens is 270 g/mol.